The summed E-state index contributed by atoms with van der Waals surface area (Å²) in [6, 6.07) is 53.5. The van der Waals surface area contributed by atoms with Gasteiger partial charge >= 0.3 is 0 Å². The summed E-state index contributed by atoms with van der Waals surface area (Å²) >= 11 is 3.42. The molecule has 0 radical (unpaired) electrons. The van der Waals surface area contributed by atoms with Crippen molar-refractivity contribution < 1.29 is 33.0 Å². The number of anilines is 11. The minimum Gasteiger partial charge on any atom is -0.497 e. The molecular formula is C104H157N17O7S2. The summed E-state index contributed by atoms with van der Waals surface area (Å²) in [5.74, 6) is 6.11. The van der Waals surface area contributed by atoms with E-state index in [9.17, 15) is 4.79 Å². The normalized spacial score (nSPS) is 13.8. The number of carbonyl (C=O) groups is 1. The first-order chi connectivity index (χ1) is 62.0. The predicted molar refractivity (Wildman–Crippen MR) is 554 cm³/mol. The van der Waals surface area contributed by atoms with Crippen molar-refractivity contribution in [2.75, 3.05) is 158 Å². The molecule has 4 fully saturated rings. The summed E-state index contributed by atoms with van der Waals surface area (Å²) < 4.78 is 32.2. The van der Waals surface area contributed by atoms with Crippen molar-refractivity contribution in [1.29, 1.82) is 0 Å². The maximum Gasteiger partial charge on any atom is 0.225 e. The van der Waals surface area contributed by atoms with Gasteiger partial charge < -0.3 is 95.2 Å². The van der Waals surface area contributed by atoms with Crippen molar-refractivity contribution in [3.05, 3.63) is 180 Å². The number of hydrogen-bond donors (Lipinski definition) is 8. The Kier molecular flexibility index (Phi) is 44.7. The maximum absolute atomic E-state index is 11.4. The van der Waals surface area contributed by atoms with Crippen LogP contribution < -0.4 is 85.8 Å². The molecule has 1 amide bonds. The van der Waals surface area contributed by atoms with Crippen molar-refractivity contribution >= 4 is 91.0 Å². The van der Waals surface area contributed by atoms with E-state index < -0.39 is 0 Å². The highest BCUT2D eigenvalue weighted by molar-refractivity contribution is 7.14. The quantitative estimate of drug-likeness (QED) is 0.0265. The molecule has 0 unspecified atom stereocenters. The molecule has 24 nitrogen and oxygen atoms in total. The number of aromatic nitrogens is 4. The van der Waals surface area contributed by atoms with Gasteiger partial charge in [0.15, 0.2) is 5.13 Å². The Balaban J connectivity index is 0.000000205. The minimum absolute atomic E-state index is 0.0237. The van der Waals surface area contributed by atoms with E-state index in [1.165, 1.54) is 106 Å². The first-order valence-electron chi connectivity index (χ1n) is 46.5. The molecule has 4 aliphatic heterocycles. The van der Waals surface area contributed by atoms with Gasteiger partial charge in [0.05, 0.1) is 76.4 Å². The maximum atomic E-state index is 11.4. The third kappa shape index (κ3) is 39.5. The van der Waals surface area contributed by atoms with Gasteiger partial charge in [0, 0.05) is 194 Å². The lowest BCUT2D eigenvalue weighted by Gasteiger charge is -2.35. The lowest BCUT2D eigenvalue weighted by molar-refractivity contribution is -0.129. The molecule has 8 heterocycles. The van der Waals surface area contributed by atoms with E-state index in [1.807, 2.05) is 95.5 Å². The number of thiophene rings is 1. The minimum atomic E-state index is -0.0449. The zero-order valence-electron chi connectivity index (χ0n) is 83.0. The Morgan fingerprint density at radius 3 is 1.28 bits per heavy atom. The van der Waals surface area contributed by atoms with Crippen molar-refractivity contribution in [2.45, 2.75) is 250 Å². The van der Waals surface area contributed by atoms with Crippen LogP contribution in [0.15, 0.2) is 179 Å². The summed E-state index contributed by atoms with van der Waals surface area (Å²) in [6.45, 7) is 53.1. The van der Waals surface area contributed by atoms with E-state index in [1.54, 1.807) is 65.1 Å². The van der Waals surface area contributed by atoms with Crippen LogP contribution in [0, 0.1) is 0 Å². The molecule has 0 atom stereocenters. The number of piperazine rings is 1. The van der Waals surface area contributed by atoms with Crippen LogP contribution in [0.25, 0.3) is 22.5 Å². The van der Waals surface area contributed by atoms with Crippen LogP contribution in [0.4, 0.5) is 62.5 Å². The van der Waals surface area contributed by atoms with Crippen molar-refractivity contribution in [3.63, 3.8) is 0 Å². The Bertz CT molecular complexity index is 4690. The molecule has 0 spiro atoms. The molecule has 4 aromatic heterocycles. The first kappa shape index (κ1) is 106. The van der Waals surface area contributed by atoms with Gasteiger partial charge in [0.1, 0.15) is 34.4 Å². The second-order valence-corrected chi connectivity index (χ2v) is 39.3. The Hall–Kier alpha value is -10.8. The van der Waals surface area contributed by atoms with Crippen LogP contribution in [-0.4, -0.2) is 179 Å². The van der Waals surface area contributed by atoms with E-state index in [4.69, 9.17) is 28.2 Å². The van der Waals surface area contributed by atoms with Crippen LogP contribution in [0.1, 0.15) is 201 Å². The number of nitrogens with one attached hydrogen (secondary N) is 8. The molecule has 712 valence electrons. The van der Waals surface area contributed by atoms with E-state index >= 15 is 0 Å². The molecule has 0 aliphatic carbocycles. The molecule has 26 heteroatoms. The topological polar surface area (TPSA) is 240 Å². The van der Waals surface area contributed by atoms with Gasteiger partial charge in [-0.2, -0.15) is 0 Å². The monoisotopic (exact) mass is 1820 g/mol. The SMILES string of the molecule is CC(C)(C)Nc1cnc(N2CCCCC2)nc1.CC(C)NCc1cccs1.CC(C)Nc1ccccc1.COc1cc(N2CCCCC2)ccc1NC(C)C.COc1cc(N2CCCCC2)ccc1NC(C)C.COc1cc(N2CCN(C(C)=O)CC2)ccc1NC(C)C.COc1ccc(-c2cc(NC(C)(C)C)on2)cc1.COc1ccccc1-c1csc(NC(C)(C)C)n1. The number of hydrogen-bond acceptors (Lipinski definition) is 25. The van der Waals surface area contributed by atoms with Gasteiger partial charge in [-0.05, 0) is 272 Å². The number of carbonyl (C=O) groups excluding carboxylic acids is 1. The number of amides is 1. The fourth-order valence-corrected chi connectivity index (χ4v) is 16.0. The number of ether oxygens (including phenoxy) is 5. The molecule has 4 aliphatic rings. The highest BCUT2D eigenvalue weighted by Crippen LogP contribution is 2.37. The summed E-state index contributed by atoms with van der Waals surface area (Å²) in [4.78, 5) is 37.6. The second-order valence-electron chi connectivity index (χ2n) is 37.4. The molecule has 0 bridgehead atoms. The van der Waals surface area contributed by atoms with Crippen LogP contribution >= 0.6 is 22.7 Å². The number of nitrogens with zero attached hydrogens (tertiary/aromatic N) is 9. The zero-order valence-corrected chi connectivity index (χ0v) is 84.6. The standard InChI is InChI=1S/C16H25N3O2.2C15H24N2O.C14H18N2O2.C14H18N2OS.C13H22N4.C9H13N.C8H13NS/c1-12(2)17-15-6-5-14(11-16(15)21-4)19-9-7-18(8-10-19)13(3)20;2*1-12(2)16-14-8-7-13(11-15(14)18-3)17-9-5-4-6-10-17;1-14(2,3)15-13-9-12(16-18-13)10-5-7-11(17-4)8-6-10;1-14(2,3)16-13-15-11(9-18-13)10-7-5-6-8-12(10)17-4;1-13(2,3)16-11-9-14-12(15-10-11)17-7-5-4-6-8-17;1-8(2)10-9-6-4-3-5-7-9;1-7(2)9-6-8-4-3-5-10-8/h5-6,11-12,17H,7-10H2,1-4H3;2*7-8,11-12,16H,4-6,9-10H2,1-3H3;5-9,15H,1-4H3;5-9H,1-4H3,(H,15,16);9-10,16H,4-8H2,1-3H3;3-8,10H,1-2H3;3-5,7,9H,6H2,1-2H3. The lowest BCUT2D eigenvalue weighted by atomic mass is 10.1. The van der Waals surface area contributed by atoms with Gasteiger partial charge in [-0.1, -0.05) is 55.4 Å². The highest BCUT2D eigenvalue weighted by Gasteiger charge is 2.23. The van der Waals surface area contributed by atoms with Crippen LogP contribution in [0.2, 0.25) is 0 Å². The van der Waals surface area contributed by atoms with Crippen LogP contribution in [0.5, 0.6) is 28.7 Å². The van der Waals surface area contributed by atoms with Gasteiger partial charge in [0.2, 0.25) is 17.7 Å². The zero-order chi connectivity index (χ0) is 94.8. The summed E-state index contributed by atoms with van der Waals surface area (Å²) in [5.41, 5.74) is 12.9. The Labute approximate surface area is 788 Å². The third-order valence-corrected chi connectivity index (χ3v) is 22.1. The van der Waals surface area contributed by atoms with Crippen LogP contribution in [0.3, 0.4) is 0 Å². The van der Waals surface area contributed by atoms with Gasteiger partial charge in [-0.3, -0.25) is 4.79 Å². The fourth-order valence-electron chi connectivity index (χ4n) is 14.4. The van der Waals surface area contributed by atoms with Gasteiger partial charge in [0.25, 0.3) is 0 Å². The number of thiazole rings is 1. The summed E-state index contributed by atoms with van der Waals surface area (Å²) in [5, 5.41) is 36.0. The molecular weight excluding hydrogens is 1660 g/mol. The number of piperidine rings is 3. The second kappa shape index (κ2) is 54.7. The van der Waals surface area contributed by atoms with E-state index in [2.05, 4.69) is 298 Å². The highest BCUT2D eigenvalue weighted by atomic mass is 32.1. The smallest absolute Gasteiger partial charge is 0.225 e. The summed E-state index contributed by atoms with van der Waals surface area (Å²) in [6.07, 6.45) is 15.5. The Morgan fingerprint density at radius 2 is 0.869 bits per heavy atom. The molecule has 8 N–H and O–H groups in total. The summed E-state index contributed by atoms with van der Waals surface area (Å²) in [7, 11) is 8.50. The van der Waals surface area contributed by atoms with Crippen LogP contribution in [-0.2, 0) is 11.3 Å². The van der Waals surface area contributed by atoms with E-state index in [0.717, 1.165) is 137 Å². The lowest BCUT2D eigenvalue weighted by Crippen LogP contribution is -2.48. The average Bonchev–Trinajstić information content (AvgIpc) is 1.20. The fraction of sp³-hybridized carbons (Fsp3) is 0.510. The van der Waals surface area contributed by atoms with Gasteiger partial charge in [-0.15, -0.1) is 22.7 Å². The van der Waals surface area contributed by atoms with Crippen molar-refractivity contribution in [3.8, 4) is 51.3 Å². The molecule has 14 rings (SSSR count). The van der Waals surface area contributed by atoms with Crippen molar-refractivity contribution in [2.24, 2.45) is 0 Å². The van der Waals surface area contributed by atoms with E-state index in [-0.39, 0.29) is 22.5 Å². The third-order valence-electron chi connectivity index (χ3n) is 20.5. The molecule has 4 saturated heterocycles. The average molecular weight is 1820 g/mol. The molecule has 6 aromatic carbocycles. The molecule has 10 aromatic rings. The predicted octanol–water partition coefficient (Wildman–Crippen LogP) is 24.2. The van der Waals surface area contributed by atoms with E-state index in [0.29, 0.717) is 36.1 Å². The first-order valence-corrected chi connectivity index (χ1v) is 48.3. The number of methoxy groups -OCH3 is 5. The molecule has 0 saturated carbocycles. The molecule has 130 heavy (non-hydrogen) atoms. The van der Waals surface area contributed by atoms with Gasteiger partial charge in [-0.25, -0.2) is 15.0 Å². The number of rotatable bonds is 25. The number of benzene rings is 6. The largest absolute Gasteiger partial charge is 0.497 e. The van der Waals surface area contributed by atoms with Crippen molar-refractivity contribution in [1.82, 2.24) is 30.3 Å². The number of para-hydroxylation sites is 2. The Morgan fingerprint density at radius 1 is 0.423 bits per heavy atom.